The molecule has 2 nitrogen and oxygen atoms in total. The fourth-order valence-corrected chi connectivity index (χ4v) is 3.80. The first-order valence-corrected chi connectivity index (χ1v) is 8.90. The van der Waals surface area contributed by atoms with Gasteiger partial charge in [0.25, 0.3) is 0 Å². The van der Waals surface area contributed by atoms with Crippen LogP contribution in [0, 0.1) is 5.82 Å². The molecule has 23 heavy (non-hydrogen) atoms. The molecule has 0 amide bonds. The first-order chi connectivity index (χ1) is 11.1. The van der Waals surface area contributed by atoms with Crippen LogP contribution in [0.3, 0.4) is 0 Å². The third-order valence-electron chi connectivity index (χ3n) is 3.25. The maximum Gasteiger partial charge on any atom is 0.157 e. The molecule has 0 saturated carbocycles. The maximum atomic E-state index is 13.8. The van der Waals surface area contributed by atoms with E-state index in [1.165, 1.54) is 12.1 Å². The van der Waals surface area contributed by atoms with Gasteiger partial charge in [-0.1, -0.05) is 40.9 Å². The zero-order valence-corrected chi connectivity index (χ0v) is 14.9. The van der Waals surface area contributed by atoms with E-state index in [9.17, 15) is 4.39 Å². The van der Waals surface area contributed by atoms with Crippen LogP contribution < -0.4 is 4.74 Å². The molecular weight excluding hydrogens is 380 g/mol. The lowest BCUT2D eigenvalue weighted by Gasteiger charge is -2.13. The summed E-state index contributed by atoms with van der Waals surface area (Å²) in [5.41, 5.74) is 1.12. The second-order valence-corrected chi connectivity index (χ2v) is 7.10. The van der Waals surface area contributed by atoms with E-state index in [1.54, 1.807) is 30.0 Å². The summed E-state index contributed by atoms with van der Waals surface area (Å²) in [4.78, 5) is 4.39. The van der Waals surface area contributed by atoms with Crippen LogP contribution in [-0.2, 0) is 6.61 Å². The lowest BCUT2D eigenvalue weighted by Crippen LogP contribution is -2.01. The summed E-state index contributed by atoms with van der Waals surface area (Å²) < 4.78 is 19.4. The number of thioether (sulfide) groups is 1. The molecule has 0 fully saturated rings. The van der Waals surface area contributed by atoms with Gasteiger partial charge in [-0.25, -0.2) is 4.39 Å². The molecular formula is C16H11Cl3FNOS. The van der Waals surface area contributed by atoms with E-state index in [4.69, 9.17) is 39.5 Å². The molecule has 2 aromatic rings. The second kappa shape index (κ2) is 7.31. The molecule has 0 radical (unpaired) electrons. The molecule has 0 N–H and O–H groups in total. The summed E-state index contributed by atoms with van der Waals surface area (Å²) in [6.07, 6.45) is 0. The Hall–Kier alpha value is -0.940. The molecule has 0 bridgehead atoms. The first-order valence-electron chi connectivity index (χ1n) is 6.78. The predicted octanol–water partition coefficient (Wildman–Crippen LogP) is 5.86. The largest absolute Gasteiger partial charge is 0.486 e. The molecule has 0 spiro atoms. The molecule has 1 aliphatic heterocycles. The Labute approximate surface area is 152 Å². The van der Waals surface area contributed by atoms with Crippen LogP contribution in [0.25, 0.3) is 0 Å². The molecule has 1 aliphatic rings. The van der Waals surface area contributed by atoms with Crippen molar-refractivity contribution >= 4 is 51.6 Å². The van der Waals surface area contributed by atoms with E-state index in [0.717, 1.165) is 22.9 Å². The van der Waals surface area contributed by atoms with Crippen molar-refractivity contribution in [1.82, 2.24) is 0 Å². The van der Waals surface area contributed by atoms with E-state index in [1.807, 2.05) is 0 Å². The van der Waals surface area contributed by atoms with Crippen LogP contribution in [0.2, 0.25) is 15.1 Å². The average Bonchev–Trinajstić information content (AvgIpc) is 3.03. The van der Waals surface area contributed by atoms with Crippen molar-refractivity contribution in [3.8, 4) is 5.75 Å². The highest BCUT2D eigenvalue weighted by Gasteiger charge is 2.16. The number of hydrogen-bond donors (Lipinski definition) is 0. The van der Waals surface area contributed by atoms with Crippen molar-refractivity contribution in [1.29, 1.82) is 0 Å². The predicted molar refractivity (Wildman–Crippen MR) is 96.1 cm³/mol. The minimum atomic E-state index is -0.432. The zero-order valence-electron chi connectivity index (χ0n) is 11.8. The number of ether oxygens (including phenoxy) is 1. The Morgan fingerprint density at radius 3 is 2.48 bits per heavy atom. The van der Waals surface area contributed by atoms with Crippen molar-refractivity contribution in [3.63, 3.8) is 0 Å². The van der Waals surface area contributed by atoms with Crippen LogP contribution in [0.4, 0.5) is 4.39 Å². The van der Waals surface area contributed by atoms with E-state index in [-0.39, 0.29) is 12.2 Å². The van der Waals surface area contributed by atoms with Crippen LogP contribution in [0.1, 0.15) is 11.1 Å². The van der Waals surface area contributed by atoms with Gasteiger partial charge in [0.05, 0.1) is 20.1 Å². The van der Waals surface area contributed by atoms with Gasteiger partial charge in [-0.3, -0.25) is 4.99 Å². The van der Waals surface area contributed by atoms with E-state index in [2.05, 4.69) is 4.99 Å². The van der Waals surface area contributed by atoms with Crippen molar-refractivity contribution in [2.24, 2.45) is 4.99 Å². The Morgan fingerprint density at radius 1 is 1.13 bits per heavy atom. The Morgan fingerprint density at radius 2 is 1.87 bits per heavy atom. The SMILES string of the molecule is Fc1cccc(Cl)c1COc1c(Cl)cc(C2=NCCS2)cc1Cl. The van der Waals surface area contributed by atoms with E-state index >= 15 is 0 Å². The number of nitrogens with zero attached hydrogens (tertiary/aromatic N) is 1. The highest BCUT2D eigenvalue weighted by Crippen LogP contribution is 2.37. The minimum Gasteiger partial charge on any atom is -0.486 e. The molecule has 120 valence electrons. The van der Waals surface area contributed by atoms with Gasteiger partial charge in [-0.05, 0) is 24.3 Å². The summed E-state index contributed by atoms with van der Waals surface area (Å²) in [6, 6.07) is 7.97. The summed E-state index contributed by atoms with van der Waals surface area (Å²) >= 11 is 20.2. The minimum absolute atomic E-state index is 0.0556. The standard InChI is InChI=1S/C16H11Cl3FNOS/c17-11-2-1-3-14(20)10(11)8-22-15-12(18)6-9(7-13(15)19)16-21-4-5-23-16/h1-3,6-7H,4-5,8H2. The van der Waals surface area contributed by atoms with E-state index < -0.39 is 5.82 Å². The molecule has 2 aromatic carbocycles. The summed E-state index contributed by atoms with van der Waals surface area (Å²) in [5.74, 6) is 0.826. The van der Waals surface area contributed by atoms with Gasteiger partial charge in [0, 0.05) is 23.4 Å². The lowest BCUT2D eigenvalue weighted by atomic mass is 10.2. The van der Waals surface area contributed by atoms with Crippen LogP contribution in [-0.4, -0.2) is 17.3 Å². The van der Waals surface area contributed by atoms with E-state index in [0.29, 0.717) is 20.8 Å². The van der Waals surface area contributed by atoms with Gasteiger partial charge in [0.2, 0.25) is 0 Å². The topological polar surface area (TPSA) is 21.6 Å². The Balaban J connectivity index is 1.83. The highest BCUT2D eigenvalue weighted by molar-refractivity contribution is 8.14. The second-order valence-electron chi connectivity index (χ2n) is 4.79. The quantitative estimate of drug-likeness (QED) is 0.652. The first kappa shape index (κ1) is 16.9. The number of benzene rings is 2. The van der Waals surface area contributed by atoms with Crippen molar-refractivity contribution in [2.75, 3.05) is 12.3 Å². The van der Waals surface area contributed by atoms with Crippen LogP contribution >= 0.6 is 46.6 Å². The normalized spacial score (nSPS) is 14.0. The molecule has 1 heterocycles. The smallest absolute Gasteiger partial charge is 0.157 e. The fraction of sp³-hybridized carbons (Fsp3) is 0.188. The fourth-order valence-electron chi connectivity index (χ4n) is 2.15. The maximum absolute atomic E-state index is 13.8. The van der Waals surface area contributed by atoms with Crippen LogP contribution in [0.5, 0.6) is 5.75 Å². The van der Waals surface area contributed by atoms with Gasteiger partial charge in [-0.15, -0.1) is 11.8 Å². The Kier molecular flexibility index (Phi) is 5.37. The average molecular weight is 391 g/mol. The third kappa shape index (κ3) is 3.77. The highest BCUT2D eigenvalue weighted by atomic mass is 35.5. The number of halogens is 4. The summed E-state index contributed by atoms with van der Waals surface area (Å²) in [7, 11) is 0. The van der Waals surface area contributed by atoms with Gasteiger partial charge in [0.1, 0.15) is 12.4 Å². The summed E-state index contributed by atoms with van der Waals surface area (Å²) in [5, 5.41) is 1.92. The third-order valence-corrected chi connectivity index (χ3v) is 5.19. The molecule has 7 heteroatoms. The number of aliphatic imine (C=N–C) groups is 1. The van der Waals surface area contributed by atoms with Gasteiger partial charge in [-0.2, -0.15) is 0 Å². The molecule has 0 atom stereocenters. The monoisotopic (exact) mass is 389 g/mol. The van der Waals surface area contributed by atoms with Gasteiger partial charge >= 0.3 is 0 Å². The Bertz CT molecular complexity index is 739. The number of hydrogen-bond acceptors (Lipinski definition) is 3. The molecule has 3 rings (SSSR count). The molecule has 0 saturated heterocycles. The zero-order chi connectivity index (χ0) is 16.4. The van der Waals surface area contributed by atoms with Crippen molar-refractivity contribution in [2.45, 2.75) is 6.61 Å². The van der Waals surface area contributed by atoms with Crippen molar-refractivity contribution in [3.05, 3.63) is 62.3 Å². The number of rotatable bonds is 4. The molecule has 0 aliphatic carbocycles. The van der Waals surface area contributed by atoms with Gasteiger partial charge < -0.3 is 4.74 Å². The lowest BCUT2D eigenvalue weighted by molar-refractivity contribution is 0.300. The van der Waals surface area contributed by atoms with Crippen LogP contribution in [0.15, 0.2) is 35.3 Å². The summed E-state index contributed by atoms with van der Waals surface area (Å²) in [6.45, 7) is 0.735. The van der Waals surface area contributed by atoms with Gasteiger partial charge in [0.15, 0.2) is 5.75 Å². The molecule has 0 unspecified atom stereocenters. The van der Waals surface area contributed by atoms with Crippen molar-refractivity contribution < 1.29 is 9.13 Å². The molecule has 0 aromatic heterocycles.